The Balaban J connectivity index is 2.72. The van der Waals surface area contributed by atoms with Crippen molar-refractivity contribution >= 4 is 40.2 Å². The molecule has 0 amide bonds. The van der Waals surface area contributed by atoms with E-state index in [0.717, 1.165) is 3.57 Å². The van der Waals surface area contributed by atoms with Gasteiger partial charge in [-0.05, 0) is 35.6 Å². The van der Waals surface area contributed by atoms with Crippen LogP contribution in [0.15, 0.2) is 12.3 Å². The van der Waals surface area contributed by atoms with E-state index in [1.54, 1.807) is 19.2 Å². The van der Waals surface area contributed by atoms with Crippen LogP contribution in [0.3, 0.4) is 0 Å². The van der Waals surface area contributed by atoms with E-state index in [4.69, 9.17) is 16.3 Å². The monoisotopic (exact) mass is 325 g/mol. The van der Waals surface area contributed by atoms with Crippen LogP contribution in [0.2, 0.25) is 5.02 Å². The van der Waals surface area contributed by atoms with Gasteiger partial charge in [0.15, 0.2) is 0 Å². The molecule has 0 unspecified atom stereocenters. The number of hydrogen-bond donors (Lipinski definition) is 0. The second kappa shape index (κ2) is 5.50. The third kappa shape index (κ3) is 3.42. The third-order valence-electron chi connectivity index (χ3n) is 1.50. The molecule has 1 rings (SSSR count). The van der Waals surface area contributed by atoms with Crippen LogP contribution in [0, 0.1) is 3.57 Å². The standard InChI is InChI=1S/C9H9ClINO2/c1-2-14-9(13)4-8-7(10)3-6(11)5-12-8/h3,5H,2,4H2,1H3. The Morgan fingerprint density at radius 1 is 1.71 bits per heavy atom. The lowest BCUT2D eigenvalue weighted by atomic mass is 10.3. The highest BCUT2D eigenvalue weighted by Crippen LogP contribution is 2.17. The molecule has 0 saturated heterocycles. The molecule has 0 spiro atoms. The summed E-state index contributed by atoms with van der Waals surface area (Å²) in [4.78, 5) is 15.2. The molecule has 14 heavy (non-hydrogen) atoms. The number of carbonyl (C=O) groups excluding carboxylic acids is 1. The number of ether oxygens (including phenoxy) is 1. The van der Waals surface area contributed by atoms with Crippen molar-refractivity contribution in [2.75, 3.05) is 6.61 Å². The van der Waals surface area contributed by atoms with E-state index >= 15 is 0 Å². The normalized spacial score (nSPS) is 9.93. The van der Waals surface area contributed by atoms with E-state index in [-0.39, 0.29) is 12.4 Å². The number of halogens is 2. The first-order chi connectivity index (χ1) is 6.63. The molecule has 3 nitrogen and oxygen atoms in total. The zero-order valence-corrected chi connectivity index (χ0v) is 10.5. The van der Waals surface area contributed by atoms with Gasteiger partial charge >= 0.3 is 5.97 Å². The number of nitrogens with zero attached hydrogens (tertiary/aromatic N) is 1. The van der Waals surface area contributed by atoms with Gasteiger partial charge in [-0.1, -0.05) is 11.6 Å². The van der Waals surface area contributed by atoms with Gasteiger partial charge in [0.25, 0.3) is 0 Å². The Hall–Kier alpha value is -0.360. The molecular formula is C9H9ClINO2. The van der Waals surface area contributed by atoms with Gasteiger partial charge in [-0.15, -0.1) is 0 Å². The Bertz CT molecular complexity index is 344. The quantitative estimate of drug-likeness (QED) is 0.633. The fourth-order valence-corrected chi connectivity index (χ4v) is 1.79. The molecule has 0 radical (unpaired) electrons. The topological polar surface area (TPSA) is 39.2 Å². The molecule has 1 heterocycles. The van der Waals surface area contributed by atoms with Crippen molar-refractivity contribution in [3.05, 3.63) is 26.5 Å². The molecule has 0 bridgehead atoms. The highest BCUT2D eigenvalue weighted by Gasteiger charge is 2.09. The summed E-state index contributed by atoms with van der Waals surface area (Å²) in [5, 5.41) is 0.505. The van der Waals surface area contributed by atoms with Crippen LogP contribution in [0.25, 0.3) is 0 Å². The molecule has 5 heteroatoms. The molecule has 0 fully saturated rings. The second-order valence-corrected chi connectivity index (χ2v) is 4.22. The maximum Gasteiger partial charge on any atom is 0.311 e. The van der Waals surface area contributed by atoms with Gasteiger partial charge in [-0.2, -0.15) is 0 Å². The second-order valence-electron chi connectivity index (χ2n) is 2.56. The Morgan fingerprint density at radius 2 is 2.43 bits per heavy atom. The molecular weight excluding hydrogens is 316 g/mol. The maximum atomic E-state index is 11.1. The number of esters is 1. The van der Waals surface area contributed by atoms with Crippen molar-refractivity contribution in [1.82, 2.24) is 4.98 Å². The summed E-state index contributed by atoms with van der Waals surface area (Å²) >= 11 is 8.01. The maximum absolute atomic E-state index is 11.1. The van der Waals surface area contributed by atoms with Crippen LogP contribution in [-0.4, -0.2) is 17.6 Å². The van der Waals surface area contributed by atoms with Crippen molar-refractivity contribution in [3.63, 3.8) is 0 Å². The largest absolute Gasteiger partial charge is 0.466 e. The first kappa shape index (κ1) is 11.7. The van der Waals surface area contributed by atoms with Gasteiger partial charge < -0.3 is 4.74 Å². The Labute approximate surface area is 101 Å². The molecule has 1 aromatic rings. The van der Waals surface area contributed by atoms with Crippen molar-refractivity contribution in [1.29, 1.82) is 0 Å². The van der Waals surface area contributed by atoms with Crippen LogP contribution in [0.4, 0.5) is 0 Å². The van der Waals surface area contributed by atoms with E-state index in [2.05, 4.69) is 27.6 Å². The zero-order chi connectivity index (χ0) is 10.6. The van der Waals surface area contributed by atoms with Crippen LogP contribution in [0.1, 0.15) is 12.6 Å². The molecule has 0 atom stereocenters. The van der Waals surface area contributed by atoms with Crippen LogP contribution >= 0.6 is 34.2 Å². The fraction of sp³-hybridized carbons (Fsp3) is 0.333. The minimum atomic E-state index is -0.303. The molecule has 0 aliphatic rings. The van der Waals surface area contributed by atoms with Gasteiger partial charge in [0.2, 0.25) is 0 Å². The Morgan fingerprint density at radius 3 is 3.00 bits per heavy atom. The zero-order valence-electron chi connectivity index (χ0n) is 7.59. The molecule has 0 N–H and O–H groups in total. The molecule has 1 aromatic heterocycles. The average molecular weight is 326 g/mol. The molecule has 0 saturated carbocycles. The highest BCUT2D eigenvalue weighted by atomic mass is 127. The lowest BCUT2D eigenvalue weighted by Crippen LogP contribution is -2.09. The predicted octanol–water partition coefficient (Wildman–Crippen LogP) is 2.45. The van der Waals surface area contributed by atoms with Gasteiger partial charge in [0, 0.05) is 9.77 Å². The van der Waals surface area contributed by atoms with Crippen molar-refractivity contribution in [3.8, 4) is 0 Å². The van der Waals surface area contributed by atoms with Crippen LogP contribution in [0.5, 0.6) is 0 Å². The summed E-state index contributed by atoms with van der Waals surface area (Å²) < 4.78 is 5.74. The van der Waals surface area contributed by atoms with Crippen molar-refractivity contribution in [2.45, 2.75) is 13.3 Å². The lowest BCUT2D eigenvalue weighted by molar-refractivity contribution is -0.142. The summed E-state index contributed by atoms with van der Waals surface area (Å²) in [6, 6.07) is 1.77. The number of pyridine rings is 1. The minimum Gasteiger partial charge on any atom is -0.466 e. The van der Waals surface area contributed by atoms with Crippen LogP contribution < -0.4 is 0 Å². The van der Waals surface area contributed by atoms with Crippen LogP contribution in [-0.2, 0) is 16.0 Å². The summed E-state index contributed by atoms with van der Waals surface area (Å²) in [7, 11) is 0. The van der Waals surface area contributed by atoms with Gasteiger partial charge in [-0.25, -0.2) is 0 Å². The first-order valence-corrected chi connectivity index (χ1v) is 5.54. The van der Waals surface area contributed by atoms with E-state index in [0.29, 0.717) is 17.3 Å². The number of aromatic nitrogens is 1. The first-order valence-electron chi connectivity index (χ1n) is 4.09. The highest BCUT2D eigenvalue weighted by molar-refractivity contribution is 14.1. The smallest absolute Gasteiger partial charge is 0.311 e. The van der Waals surface area contributed by atoms with E-state index < -0.39 is 0 Å². The van der Waals surface area contributed by atoms with Gasteiger partial charge in [0.1, 0.15) is 0 Å². The van der Waals surface area contributed by atoms with Gasteiger partial charge in [-0.3, -0.25) is 9.78 Å². The summed E-state index contributed by atoms with van der Waals surface area (Å²) in [5.41, 5.74) is 0.561. The minimum absolute atomic E-state index is 0.129. The van der Waals surface area contributed by atoms with Crippen molar-refractivity contribution < 1.29 is 9.53 Å². The SMILES string of the molecule is CCOC(=O)Cc1ncc(I)cc1Cl. The van der Waals surface area contributed by atoms with Crippen molar-refractivity contribution in [2.24, 2.45) is 0 Å². The van der Waals surface area contributed by atoms with Gasteiger partial charge in [0.05, 0.1) is 23.7 Å². The summed E-state index contributed by atoms with van der Waals surface area (Å²) in [6.45, 7) is 2.14. The third-order valence-corrected chi connectivity index (χ3v) is 2.42. The summed E-state index contributed by atoms with van der Waals surface area (Å²) in [6.07, 6.45) is 1.80. The molecule has 0 aliphatic heterocycles. The number of hydrogen-bond acceptors (Lipinski definition) is 3. The predicted molar refractivity (Wildman–Crippen MR) is 62.3 cm³/mol. The van der Waals surface area contributed by atoms with E-state index in [1.165, 1.54) is 0 Å². The molecule has 0 aromatic carbocycles. The molecule has 0 aliphatic carbocycles. The summed E-state index contributed by atoms with van der Waals surface area (Å²) in [5.74, 6) is -0.303. The van der Waals surface area contributed by atoms with E-state index in [1.807, 2.05) is 0 Å². The fourth-order valence-electron chi connectivity index (χ4n) is 0.922. The molecule has 76 valence electrons. The number of rotatable bonds is 3. The van der Waals surface area contributed by atoms with E-state index in [9.17, 15) is 4.79 Å². The lowest BCUT2D eigenvalue weighted by Gasteiger charge is -2.03. The Kier molecular flexibility index (Phi) is 4.60. The average Bonchev–Trinajstić information content (AvgIpc) is 2.10. The number of carbonyl (C=O) groups is 1.